The van der Waals surface area contributed by atoms with Crippen molar-refractivity contribution in [1.82, 2.24) is 19.7 Å². The molecule has 1 atom stereocenters. The molecule has 1 aliphatic rings. The number of carbonyl (C=O) groups is 2. The third kappa shape index (κ3) is 3.13. The van der Waals surface area contributed by atoms with E-state index in [-0.39, 0.29) is 17.8 Å². The average molecular weight is 400 g/mol. The lowest BCUT2D eigenvalue weighted by Crippen LogP contribution is -2.37. The first-order valence-electron chi connectivity index (χ1n) is 9.02. The van der Waals surface area contributed by atoms with E-state index in [1.165, 1.54) is 21.8 Å². The van der Waals surface area contributed by atoms with Gasteiger partial charge in [-0.1, -0.05) is 17.9 Å². The Hall–Kier alpha value is -4.21. The number of hydrogen-bond acceptors (Lipinski definition) is 6. The molecule has 1 fully saturated rings. The second-order valence-electron chi connectivity index (χ2n) is 6.96. The van der Waals surface area contributed by atoms with Crippen LogP contribution in [0.5, 0.6) is 0 Å². The van der Waals surface area contributed by atoms with Gasteiger partial charge < -0.3 is 15.7 Å². The van der Waals surface area contributed by atoms with Gasteiger partial charge in [0.1, 0.15) is 11.8 Å². The number of nitrogens with zero attached hydrogens (tertiary/aromatic N) is 5. The third-order valence-corrected chi connectivity index (χ3v) is 4.93. The lowest BCUT2D eigenvalue weighted by Gasteiger charge is -2.13. The van der Waals surface area contributed by atoms with Crippen LogP contribution < -0.4 is 5.73 Å². The summed E-state index contributed by atoms with van der Waals surface area (Å²) in [5, 5.41) is 24.3. The highest BCUT2D eigenvalue weighted by Gasteiger charge is 2.42. The zero-order valence-electron chi connectivity index (χ0n) is 16.0. The van der Waals surface area contributed by atoms with Gasteiger partial charge >= 0.3 is 0 Å². The average Bonchev–Trinajstić information content (AvgIpc) is 3.26. The van der Waals surface area contributed by atoms with Crippen molar-refractivity contribution in [1.29, 1.82) is 5.26 Å². The number of pyridine rings is 1. The number of benzene rings is 1. The number of nitrogens with two attached hydrogens (primary N) is 1. The van der Waals surface area contributed by atoms with Crippen molar-refractivity contribution in [3.05, 3.63) is 53.5 Å². The van der Waals surface area contributed by atoms with Crippen LogP contribution in [0, 0.1) is 23.2 Å². The summed E-state index contributed by atoms with van der Waals surface area (Å²) in [5.74, 6) is 4.37. The molecule has 0 bridgehead atoms. The Balaban J connectivity index is 1.80. The highest BCUT2D eigenvalue weighted by Crippen LogP contribution is 2.23. The number of primary amides is 1. The highest BCUT2D eigenvalue weighted by atomic mass is 16.3. The lowest BCUT2D eigenvalue weighted by molar-refractivity contribution is -0.137. The molecule has 9 heteroatoms. The molecule has 9 nitrogen and oxygen atoms in total. The van der Waals surface area contributed by atoms with Crippen LogP contribution in [0.3, 0.4) is 0 Å². The molecule has 30 heavy (non-hydrogen) atoms. The van der Waals surface area contributed by atoms with Crippen molar-refractivity contribution in [3.8, 4) is 23.6 Å². The maximum absolute atomic E-state index is 12.1. The fraction of sp³-hybridized carbons (Fsp3) is 0.190. The molecule has 0 aliphatic carbocycles. The van der Waals surface area contributed by atoms with E-state index in [9.17, 15) is 14.7 Å². The van der Waals surface area contributed by atoms with E-state index >= 15 is 0 Å². The molecule has 2 aromatic heterocycles. The second-order valence-corrected chi connectivity index (χ2v) is 6.96. The maximum Gasteiger partial charge on any atom is 0.269 e. The number of likely N-dealkylation sites (tertiary alicyclic amines) is 1. The first kappa shape index (κ1) is 19.1. The molecule has 1 saturated heterocycles. The first-order valence-corrected chi connectivity index (χ1v) is 9.02. The van der Waals surface area contributed by atoms with E-state index in [2.05, 4.69) is 21.9 Å². The van der Waals surface area contributed by atoms with Gasteiger partial charge in [-0.15, -0.1) is 0 Å². The lowest BCUT2D eigenvalue weighted by atomic mass is 10.0. The van der Waals surface area contributed by atoms with Crippen molar-refractivity contribution in [2.24, 2.45) is 5.73 Å². The van der Waals surface area contributed by atoms with Gasteiger partial charge in [0.2, 0.25) is 5.60 Å². The fourth-order valence-corrected chi connectivity index (χ4v) is 3.31. The van der Waals surface area contributed by atoms with Crippen LogP contribution in [0.15, 0.2) is 36.5 Å². The number of fused-ring (bicyclic) bond motifs is 1. The zero-order valence-corrected chi connectivity index (χ0v) is 16.0. The number of carbonyl (C=O) groups excluding carboxylic acids is 2. The molecule has 3 aromatic rings. The maximum atomic E-state index is 12.1. The van der Waals surface area contributed by atoms with Gasteiger partial charge in [-0.05, 0) is 18.2 Å². The summed E-state index contributed by atoms with van der Waals surface area (Å²) in [6, 6.07) is 10.4. The molecule has 0 spiro atoms. The monoisotopic (exact) mass is 400 g/mol. The highest BCUT2D eigenvalue weighted by molar-refractivity contribution is 6.04. The van der Waals surface area contributed by atoms with E-state index in [0.717, 1.165) is 0 Å². The topological polar surface area (TPSA) is 138 Å². The SMILES string of the molecule is CN1CC[C@@](O)(C#Cc2cccc(-n3nc(C(N)=O)c4cnc(C#N)cc43)c2)C1=O. The van der Waals surface area contributed by atoms with Crippen LogP contribution in [0.2, 0.25) is 0 Å². The van der Waals surface area contributed by atoms with Crippen LogP contribution in [-0.4, -0.2) is 55.8 Å². The van der Waals surface area contributed by atoms with E-state index in [1.807, 2.05) is 6.07 Å². The van der Waals surface area contributed by atoms with Gasteiger partial charge in [-0.2, -0.15) is 10.4 Å². The minimum Gasteiger partial charge on any atom is -0.369 e. The number of hydrogen-bond donors (Lipinski definition) is 2. The standard InChI is InChI=1S/C21H16N6O3/c1-26-8-7-21(30,20(26)29)6-5-13-3-2-4-15(9-13)27-17-10-14(11-22)24-12-16(17)18(25-27)19(23)28/h2-4,9-10,12,30H,7-8H2,1H3,(H2,23,28)/t21-/m0/s1. The Labute approximate surface area is 171 Å². The molecule has 4 rings (SSSR count). The van der Waals surface area contributed by atoms with Gasteiger partial charge in [0.15, 0.2) is 5.69 Å². The van der Waals surface area contributed by atoms with Crippen molar-refractivity contribution in [2.75, 3.05) is 13.6 Å². The van der Waals surface area contributed by atoms with E-state index in [4.69, 9.17) is 11.0 Å². The number of aromatic nitrogens is 3. The molecular formula is C21H16N6O3. The van der Waals surface area contributed by atoms with Gasteiger partial charge in [0, 0.05) is 37.8 Å². The largest absolute Gasteiger partial charge is 0.369 e. The summed E-state index contributed by atoms with van der Waals surface area (Å²) in [4.78, 5) is 29.3. The van der Waals surface area contributed by atoms with Crippen molar-refractivity contribution >= 4 is 22.7 Å². The summed E-state index contributed by atoms with van der Waals surface area (Å²) in [7, 11) is 1.62. The van der Waals surface area contributed by atoms with Crippen molar-refractivity contribution in [3.63, 3.8) is 0 Å². The normalized spacial score (nSPS) is 18.2. The molecule has 148 valence electrons. The second kappa shape index (κ2) is 6.99. The van der Waals surface area contributed by atoms with E-state index in [0.29, 0.717) is 28.7 Å². The minimum atomic E-state index is -1.70. The van der Waals surface area contributed by atoms with Crippen LogP contribution in [0.4, 0.5) is 0 Å². The molecule has 0 radical (unpaired) electrons. The summed E-state index contributed by atoms with van der Waals surface area (Å²) >= 11 is 0. The Morgan fingerprint density at radius 3 is 2.83 bits per heavy atom. The van der Waals surface area contributed by atoms with Gasteiger partial charge in [-0.3, -0.25) is 9.59 Å². The predicted octanol–water partition coefficient (Wildman–Crippen LogP) is 0.336. The van der Waals surface area contributed by atoms with Crippen LogP contribution in [0.1, 0.15) is 28.2 Å². The third-order valence-electron chi connectivity index (χ3n) is 4.93. The molecule has 1 aliphatic heterocycles. The summed E-state index contributed by atoms with van der Waals surface area (Å²) in [5.41, 5.74) is 5.54. The summed E-state index contributed by atoms with van der Waals surface area (Å²) in [6.07, 6.45) is 1.63. The van der Waals surface area contributed by atoms with Gasteiger partial charge in [-0.25, -0.2) is 9.67 Å². The minimum absolute atomic E-state index is 0.0346. The van der Waals surface area contributed by atoms with Gasteiger partial charge in [0.05, 0.1) is 16.6 Å². The van der Waals surface area contributed by atoms with Crippen molar-refractivity contribution in [2.45, 2.75) is 12.0 Å². The zero-order chi connectivity index (χ0) is 21.5. The Morgan fingerprint density at radius 2 is 2.17 bits per heavy atom. The number of amides is 2. The number of nitriles is 1. The molecule has 3 heterocycles. The predicted molar refractivity (Wildman–Crippen MR) is 106 cm³/mol. The summed E-state index contributed by atoms with van der Waals surface area (Å²) in [6.45, 7) is 0.439. The number of likely N-dealkylation sites (N-methyl/N-ethyl adjacent to an activating group) is 1. The van der Waals surface area contributed by atoms with Crippen LogP contribution in [0.25, 0.3) is 16.6 Å². The Bertz CT molecular complexity index is 1310. The smallest absolute Gasteiger partial charge is 0.269 e. The van der Waals surface area contributed by atoms with Crippen molar-refractivity contribution < 1.29 is 14.7 Å². The molecule has 3 N–H and O–H groups in total. The Morgan fingerprint density at radius 1 is 1.37 bits per heavy atom. The fourth-order valence-electron chi connectivity index (χ4n) is 3.31. The van der Waals surface area contributed by atoms with Crippen LogP contribution >= 0.6 is 0 Å². The molecule has 2 amide bonds. The molecule has 0 unspecified atom stereocenters. The number of aliphatic hydroxyl groups is 1. The number of rotatable bonds is 2. The molecular weight excluding hydrogens is 384 g/mol. The Kier molecular flexibility index (Phi) is 4.46. The van der Waals surface area contributed by atoms with E-state index in [1.54, 1.807) is 31.3 Å². The molecule has 1 aromatic carbocycles. The quantitative estimate of drug-likeness (QED) is 0.595. The van der Waals surface area contributed by atoms with Crippen LogP contribution in [-0.2, 0) is 4.79 Å². The molecule has 0 saturated carbocycles. The first-order chi connectivity index (χ1) is 14.3. The van der Waals surface area contributed by atoms with Gasteiger partial charge in [0.25, 0.3) is 11.8 Å². The summed E-state index contributed by atoms with van der Waals surface area (Å²) < 4.78 is 1.48. The van der Waals surface area contributed by atoms with E-state index < -0.39 is 17.4 Å².